The summed E-state index contributed by atoms with van der Waals surface area (Å²) in [6.45, 7) is 0.850. The molecule has 0 atom stereocenters. The van der Waals surface area contributed by atoms with E-state index in [1.54, 1.807) is 36.4 Å². The first-order valence-corrected chi connectivity index (χ1v) is 10.3. The highest BCUT2D eigenvalue weighted by atomic mass is 35.5. The van der Waals surface area contributed by atoms with Crippen LogP contribution in [0.1, 0.15) is 27.0 Å². The highest BCUT2D eigenvalue weighted by Crippen LogP contribution is 2.38. The molecule has 5 rings (SSSR count). The van der Waals surface area contributed by atoms with Crippen LogP contribution in [0.3, 0.4) is 0 Å². The molecule has 0 unspecified atom stereocenters. The third-order valence-electron chi connectivity index (χ3n) is 4.98. The molecule has 31 heavy (non-hydrogen) atoms. The van der Waals surface area contributed by atoms with Crippen LogP contribution in [-0.2, 0) is 18.0 Å². The van der Waals surface area contributed by atoms with Gasteiger partial charge in [0.15, 0.2) is 12.6 Å². The van der Waals surface area contributed by atoms with E-state index >= 15 is 0 Å². The standard InChI is InChI=1S/C24H16Cl2O5/c25-17-7-15(24-16(8-17)11-28-13-30-24)9-22-23(27)19-6-5-18(10-21(19)31-22)29-12-14-3-1-2-4-20(14)26/h1-10H,11-13H2. The Morgan fingerprint density at radius 3 is 2.81 bits per heavy atom. The van der Waals surface area contributed by atoms with Crippen molar-refractivity contribution in [1.82, 2.24) is 0 Å². The van der Waals surface area contributed by atoms with Crippen LogP contribution >= 0.6 is 23.2 Å². The van der Waals surface area contributed by atoms with Crippen LogP contribution in [0.25, 0.3) is 6.08 Å². The second-order valence-corrected chi connectivity index (χ2v) is 7.92. The Morgan fingerprint density at radius 1 is 1.06 bits per heavy atom. The highest BCUT2D eigenvalue weighted by molar-refractivity contribution is 6.31. The normalized spacial score (nSPS) is 15.8. The van der Waals surface area contributed by atoms with Crippen molar-refractivity contribution in [2.24, 2.45) is 0 Å². The molecule has 0 amide bonds. The fourth-order valence-corrected chi connectivity index (χ4v) is 3.93. The zero-order valence-electron chi connectivity index (χ0n) is 16.2. The molecule has 0 saturated heterocycles. The number of allylic oxidation sites excluding steroid dienone is 1. The van der Waals surface area contributed by atoms with E-state index in [-0.39, 0.29) is 18.3 Å². The number of rotatable bonds is 4. The molecule has 3 aromatic carbocycles. The molecule has 0 N–H and O–H groups in total. The van der Waals surface area contributed by atoms with Gasteiger partial charge in [-0.05, 0) is 36.4 Å². The predicted molar refractivity (Wildman–Crippen MR) is 117 cm³/mol. The first-order valence-electron chi connectivity index (χ1n) is 9.56. The number of hydrogen-bond donors (Lipinski definition) is 0. The quantitative estimate of drug-likeness (QED) is 0.448. The molecule has 0 aliphatic carbocycles. The topological polar surface area (TPSA) is 54.0 Å². The Balaban J connectivity index is 1.39. The van der Waals surface area contributed by atoms with E-state index in [2.05, 4.69) is 0 Å². The molecule has 2 aliphatic rings. The van der Waals surface area contributed by atoms with Gasteiger partial charge in [0, 0.05) is 32.8 Å². The van der Waals surface area contributed by atoms with E-state index in [0.717, 1.165) is 11.1 Å². The van der Waals surface area contributed by atoms with Gasteiger partial charge in [0.1, 0.15) is 23.9 Å². The van der Waals surface area contributed by atoms with Crippen molar-refractivity contribution >= 4 is 35.1 Å². The monoisotopic (exact) mass is 454 g/mol. The van der Waals surface area contributed by atoms with E-state index in [1.807, 2.05) is 24.3 Å². The molecule has 0 bridgehead atoms. The average Bonchev–Trinajstić information content (AvgIpc) is 3.07. The van der Waals surface area contributed by atoms with E-state index in [4.69, 9.17) is 42.1 Å². The number of ketones is 1. The number of halogens is 2. The molecule has 2 heterocycles. The minimum atomic E-state index is -0.214. The maximum Gasteiger partial charge on any atom is 0.231 e. The smallest absolute Gasteiger partial charge is 0.231 e. The number of benzene rings is 3. The summed E-state index contributed by atoms with van der Waals surface area (Å²) in [7, 11) is 0. The zero-order valence-corrected chi connectivity index (χ0v) is 17.7. The minimum absolute atomic E-state index is 0.145. The van der Waals surface area contributed by atoms with Gasteiger partial charge in [-0.3, -0.25) is 4.79 Å². The Kier molecular flexibility index (Phi) is 5.32. The maximum atomic E-state index is 12.8. The van der Waals surface area contributed by atoms with Crippen LogP contribution < -0.4 is 14.2 Å². The lowest BCUT2D eigenvalue weighted by Crippen LogP contribution is -2.12. The fourth-order valence-electron chi connectivity index (χ4n) is 3.49. The van der Waals surface area contributed by atoms with Crippen molar-refractivity contribution in [2.75, 3.05) is 6.79 Å². The van der Waals surface area contributed by atoms with Crippen LogP contribution in [0, 0.1) is 0 Å². The predicted octanol–water partition coefficient (Wildman–Crippen LogP) is 6.06. The summed E-state index contributed by atoms with van der Waals surface area (Å²) in [6, 6.07) is 16.1. The first-order chi connectivity index (χ1) is 15.1. The Hall–Kier alpha value is -2.99. The van der Waals surface area contributed by atoms with Gasteiger partial charge < -0.3 is 18.9 Å². The van der Waals surface area contributed by atoms with Crippen molar-refractivity contribution in [3.8, 4) is 17.2 Å². The van der Waals surface area contributed by atoms with Gasteiger partial charge in [-0.15, -0.1) is 0 Å². The van der Waals surface area contributed by atoms with Gasteiger partial charge in [0.05, 0.1) is 12.2 Å². The van der Waals surface area contributed by atoms with Gasteiger partial charge in [0.25, 0.3) is 0 Å². The van der Waals surface area contributed by atoms with Crippen LogP contribution in [0.2, 0.25) is 10.0 Å². The molecule has 7 heteroatoms. The van der Waals surface area contributed by atoms with Crippen molar-refractivity contribution in [1.29, 1.82) is 0 Å². The van der Waals surface area contributed by atoms with Gasteiger partial charge in [-0.25, -0.2) is 0 Å². The first kappa shape index (κ1) is 19.9. The lowest BCUT2D eigenvalue weighted by Gasteiger charge is -2.20. The van der Waals surface area contributed by atoms with Crippen LogP contribution in [0.5, 0.6) is 17.2 Å². The van der Waals surface area contributed by atoms with Crippen molar-refractivity contribution in [3.05, 3.63) is 92.7 Å². The Labute approximate surface area is 188 Å². The van der Waals surface area contributed by atoms with Crippen molar-refractivity contribution in [3.63, 3.8) is 0 Å². The van der Waals surface area contributed by atoms with E-state index in [1.165, 1.54) is 0 Å². The lowest BCUT2D eigenvalue weighted by atomic mass is 10.1. The van der Waals surface area contributed by atoms with Crippen molar-refractivity contribution < 1.29 is 23.7 Å². The molecule has 0 radical (unpaired) electrons. The number of Topliss-reactive ketones (excluding diaryl/α,β-unsaturated/α-hetero) is 1. The third-order valence-corrected chi connectivity index (χ3v) is 5.57. The summed E-state index contributed by atoms with van der Waals surface area (Å²) in [5.41, 5.74) is 2.83. The van der Waals surface area contributed by atoms with E-state index in [9.17, 15) is 4.79 Å². The lowest BCUT2D eigenvalue weighted by molar-refractivity contribution is -0.0165. The van der Waals surface area contributed by atoms with Gasteiger partial charge in [0.2, 0.25) is 5.78 Å². The number of fused-ring (bicyclic) bond motifs is 2. The highest BCUT2D eigenvalue weighted by Gasteiger charge is 2.28. The Bertz CT molecular complexity index is 1220. The molecule has 0 spiro atoms. The molecule has 0 aromatic heterocycles. The number of ether oxygens (including phenoxy) is 4. The molecular weight excluding hydrogens is 439 g/mol. The maximum absolute atomic E-state index is 12.8. The summed E-state index contributed by atoms with van der Waals surface area (Å²) in [5, 5.41) is 1.16. The van der Waals surface area contributed by atoms with E-state index in [0.29, 0.717) is 51.6 Å². The molecule has 0 saturated carbocycles. The Morgan fingerprint density at radius 2 is 1.94 bits per heavy atom. The van der Waals surface area contributed by atoms with Crippen molar-refractivity contribution in [2.45, 2.75) is 13.2 Å². The van der Waals surface area contributed by atoms with Crippen LogP contribution in [0.15, 0.2) is 60.4 Å². The molecule has 5 nitrogen and oxygen atoms in total. The molecule has 3 aromatic rings. The average molecular weight is 455 g/mol. The van der Waals surface area contributed by atoms with E-state index < -0.39 is 0 Å². The minimum Gasteiger partial charge on any atom is -0.489 e. The van der Waals surface area contributed by atoms with Crippen LogP contribution in [-0.4, -0.2) is 12.6 Å². The fraction of sp³-hybridized carbons (Fsp3) is 0.125. The summed E-state index contributed by atoms with van der Waals surface area (Å²) in [6.07, 6.45) is 1.64. The summed E-state index contributed by atoms with van der Waals surface area (Å²) >= 11 is 12.4. The van der Waals surface area contributed by atoms with Gasteiger partial charge in [-0.2, -0.15) is 0 Å². The second-order valence-electron chi connectivity index (χ2n) is 7.07. The summed E-state index contributed by atoms with van der Waals surface area (Å²) in [4.78, 5) is 12.8. The number of hydrogen-bond acceptors (Lipinski definition) is 5. The summed E-state index contributed by atoms with van der Waals surface area (Å²) < 4.78 is 22.6. The molecular formula is C24H16Cl2O5. The zero-order chi connectivity index (χ0) is 21.4. The number of carbonyl (C=O) groups is 1. The molecule has 2 aliphatic heterocycles. The summed E-state index contributed by atoms with van der Waals surface area (Å²) in [5.74, 6) is 1.63. The molecule has 156 valence electrons. The van der Waals surface area contributed by atoms with Gasteiger partial charge in [-0.1, -0.05) is 41.4 Å². The van der Waals surface area contributed by atoms with Gasteiger partial charge >= 0.3 is 0 Å². The third kappa shape index (κ3) is 4.00. The second kappa shape index (κ2) is 8.27. The molecule has 0 fully saturated rings. The largest absolute Gasteiger partial charge is 0.489 e. The van der Waals surface area contributed by atoms with Crippen LogP contribution in [0.4, 0.5) is 0 Å². The SMILES string of the molecule is O=C1C(=Cc2cc(Cl)cc3c2OCOC3)Oc2cc(OCc3ccccc3Cl)ccc21. The number of carbonyl (C=O) groups excluding carboxylic acids is 1.